The normalized spacial score (nSPS) is 15.0. The molecule has 1 aromatic carbocycles. The molecule has 1 aromatic rings. The number of nitrogens with zero attached hydrogens (tertiary/aromatic N) is 1. The van der Waals surface area contributed by atoms with Crippen molar-refractivity contribution in [2.75, 3.05) is 0 Å². The number of hydrogen-bond donors (Lipinski definition) is 0. The van der Waals surface area contributed by atoms with Crippen molar-refractivity contribution >= 4 is 11.8 Å². The quantitative estimate of drug-likeness (QED) is 0.710. The number of imide groups is 1. The van der Waals surface area contributed by atoms with E-state index >= 15 is 0 Å². The summed E-state index contributed by atoms with van der Waals surface area (Å²) in [5.74, 6) is -2.85. The molecule has 0 bridgehead atoms. The first-order valence-corrected chi connectivity index (χ1v) is 4.55. The molecular formula is C11H7F2NO2. The first-order valence-electron chi connectivity index (χ1n) is 4.55. The third-order valence-corrected chi connectivity index (χ3v) is 2.23. The lowest BCUT2D eigenvalue weighted by Crippen LogP contribution is -2.29. The minimum absolute atomic E-state index is 0.0537. The molecule has 0 saturated heterocycles. The van der Waals surface area contributed by atoms with Crippen LogP contribution in [0.2, 0.25) is 0 Å². The fraction of sp³-hybridized carbons (Fsp3) is 0.0909. The molecule has 5 heteroatoms. The van der Waals surface area contributed by atoms with E-state index in [1.54, 1.807) is 0 Å². The van der Waals surface area contributed by atoms with Crippen molar-refractivity contribution < 1.29 is 18.4 Å². The Morgan fingerprint density at radius 2 is 1.62 bits per heavy atom. The van der Waals surface area contributed by atoms with Gasteiger partial charge in [0, 0.05) is 12.2 Å². The molecular weight excluding hydrogens is 216 g/mol. The molecule has 1 aliphatic rings. The third kappa shape index (κ3) is 1.84. The van der Waals surface area contributed by atoms with Gasteiger partial charge >= 0.3 is 0 Å². The second kappa shape index (κ2) is 3.84. The van der Waals surface area contributed by atoms with E-state index in [1.165, 1.54) is 6.07 Å². The minimum atomic E-state index is -0.996. The number of carbonyl (C=O) groups excluding carboxylic acids is 2. The van der Waals surface area contributed by atoms with Crippen LogP contribution in [0, 0.1) is 11.6 Å². The Hall–Kier alpha value is -2.04. The van der Waals surface area contributed by atoms with Gasteiger partial charge in [0.1, 0.15) is 0 Å². The fourth-order valence-electron chi connectivity index (χ4n) is 1.41. The Balaban J connectivity index is 2.18. The number of carbonyl (C=O) groups is 2. The van der Waals surface area contributed by atoms with E-state index in [-0.39, 0.29) is 6.54 Å². The zero-order chi connectivity index (χ0) is 11.7. The first kappa shape index (κ1) is 10.5. The van der Waals surface area contributed by atoms with Gasteiger partial charge in [-0.1, -0.05) is 6.07 Å². The molecule has 0 spiro atoms. The van der Waals surface area contributed by atoms with Crippen molar-refractivity contribution in [1.29, 1.82) is 0 Å². The Bertz CT molecular complexity index is 479. The number of amides is 2. The zero-order valence-electron chi connectivity index (χ0n) is 8.11. The van der Waals surface area contributed by atoms with E-state index in [0.717, 1.165) is 29.2 Å². The van der Waals surface area contributed by atoms with Crippen LogP contribution in [0.15, 0.2) is 30.4 Å². The molecule has 2 amide bonds. The van der Waals surface area contributed by atoms with Crippen molar-refractivity contribution in [2.45, 2.75) is 6.54 Å². The molecule has 1 aliphatic heterocycles. The van der Waals surface area contributed by atoms with Crippen LogP contribution >= 0.6 is 0 Å². The number of hydrogen-bond acceptors (Lipinski definition) is 2. The number of benzene rings is 1. The molecule has 0 saturated carbocycles. The lowest BCUT2D eigenvalue weighted by Gasteiger charge is -2.13. The average molecular weight is 223 g/mol. The van der Waals surface area contributed by atoms with Crippen LogP contribution in [0.5, 0.6) is 0 Å². The van der Waals surface area contributed by atoms with E-state index in [0.29, 0.717) is 5.56 Å². The first-order chi connectivity index (χ1) is 7.58. The topological polar surface area (TPSA) is 37.4 Å². The second-order valence-electron chi connectivity index (χ2n) is 3.34. The van der Waals surface area contributed by atoms with Gasteiger partial charge in [-0.05, 0) is 17.7 Å². The number of rotatable bonds is 2. The fourth-order valence-corrected chi connectivity index (χ4v) is 1.41. The summed E-state index contributed by atoms with van der Waals surface area (Å²) in [5.41, 5.74) is 0.365. The monoisotopic (exact) mass is 223 g/mol. The Kier molecular flexibility index (Phi) is 2.52. The van der Waals surface area contributed by atoms with Crippen molar-refractivity contribution in [3.05, 3.63) is 47.5 Å². The van der Waals surface area contributed by atoms with E-state index in [1.807, 2.05) is 0 Å². The van der Waals surface area contributed by atoms with Gasteiger partial charge in [0.05, 0.1) is 6.54 Å². The summed E-state index contributed by atoms with van der Waals surface area (Å²) in [6.07, 6.45) is 2.28. The highest BCUT2D eigenvalue weighted by molar-refractivity contribution is 6.12. The van der Waals surface area contributed by atoms with Crippen LogP contribution in [0.1, 0.15) is 5.56 Å². The van der Waals surface area contributed by atoms with E-state index in [4.69, 9.17) is 0 Å². The Morgan fingerprint density at radius 1 is 1.00 bits per heavy atom. The smallest absolute Gasteiger partial charge is 0.253 e. The maximum Gasteiger partial charge on any atom is 0.253 e. The van der Waals surface area contributed by atoms with Gasteiger partial charge in [0.25, 0.3) is 11.8 Å². The van der Waals surface area contributed by atoms with Crippen molar-refractivity contribution in [2.24, 2.45) is 0 Å². The van der Waals surface area contributed by atoms with Gasteiger partial charge in [-0.25, -0.2) is 8.78 Å². The highest BCUT2D eigenvalue weighted by atomic mass is 19.2. The van der Waals surface area contributed by atoms with Gasteiger partial charge in [0.15, 0.2) is 11.6 Å². The van der Waals surface area contributed by atoms with Crippen LogP contribution in [0.3, 0.4) is 0 Å². The van der Waals surface area contributed by atoms with Crippen LogP contribution in [-0.2, 0) is 16.1 Å². The van der Waals surface area contributed by atoms with Gasteiger partial charge in [-0.3, -0.25) is 14.5 Å². The molecule has 82 valence electrons. The standard InChI is InChI=1S/C11H7F2NO2/c12-8-2-1-7(5-9(8)13)6-14-10(15)3-4-11(14)16/h1-5H,6H2. The summed E-state index contributed by atoms with van der Waals surface area (Å²) in [7, 11) is 0. The minimum Gasteiger partial charge on any atom is -0.271 e. The molecule has 2 rings (SSSR count). The van der Waals surface area contributed by atoms with Crippen LogP contribution < -0.4 is 0 Å². The van der Waals surface area contributed by atoms with Crippen LogP contribution in [0.25, 0.3) is 0 Å². The Morgan fingerprint density at radius 3 is 2.19 bits per heavy atom. The molecule has 0 radical (unpaired) electrons. The summed E-state index contributed by atoms with van der Waals surface area (Å²) >= 11 is 0. The van der Waals surface area contributed by atoms with E-state index < -0.39 is 23.4 Å². The molecule has 0 atom stereocenters. The van der Waals surface area contributed by atoms with Crippen molar-refractivity contribution in [3.8, 4) is 0 Å². The third-order valence-electron chi connectivity index (χ3n) is 2.23. The summed E-state index contributed by atoms with van der Waals surface area (Å²) in [4.78, 5) is 23.3. The second-order valence-corrected chi connectivity index (χ2v) is 3.34. The summed E-state index contributed by atoms with van der Waals surface area (Å²) < 4.78 is 25.5. The summed E-state index contributed by atoms with van der Waals surface area (Å²) in [5, 5.41) is 0. The largest absolute Gasteiger partial charge is 0.271 e. The van der Waals surface area contributed by atoms with Gasteiger partial charge in [-0.2, -0.15) is 0 Å². The van der Waals surface area contributed by atoms with Gasteiger partial charge < -0.3 is 0 Å². The molecule has 1 heterocycles. The van der Waals surface area contributed by atoms with E-state index in [2.05, 4.69) is 0 Å². The maximum atomic E-state index is 12.9. The van der Waals surface area contributed by atoms with Crippen molar-refractivity contribution in [3.63, 3.8) is 0 Å². The van der Waals surface area contributed by atoms with Crippen LogP contribution in [-0.4, -0.2) is 16.7 Å². The molecule has 16 heavy (non-hydrogen) atoms. The molecule has 0 aromatic heterocycles. The highest BCUT2D eigenvalue weighted by Gasteiger charge is 2.23. The average Bonchev–Trinajstić information content (AvgIpc) is 2.55. The SMILES string of the molecule is O=C1C=CC(=O)N1Cc1ccc(F)c(F)c1. The molecule has 0 unspecified atom stereocenters. The summed E-state index contributed by atoms with van der Waals surface area (Å²) in [6.45, 7) is -0.0537. The lowest BCUT2D eigenvalue weighted by atomic mass is 10.2. The molecule has 0 aliphatic carbocycles. The molecule has 3 nitrogen and oxygen atoms in total. The maximum absolute atomic E-state index is 12.9. The molecule has 0 fully saturated rings. The van der Waals surface area contributed by atoms with Gasteiger partial charge in [0.2, 0.25) is 0 Å². The predicted molar refractivity (Wildman–Crippen MR) is 51.1 cm³/mol. The highest BCUT2D eigenvalue weighted by Crippen LogP contribution is 2.13. The molecule has 0 N–H and O–H groups in total. The van der Waals surface area contributed by atoms with Crippen LogP contribution in [0.4, 0.5) is 8.78 Å². The summed E-state index contributed by atoms with van der Waals surface area (Å²) in [6, 6.07) is 3.26. The lowest BCUT2D eigenvalue weighted by molar-refractivity contribution is -0.137. The van der Waals surface area contributed by atoms with Gasteiger partial charge in [-0.15, -0.1) is 0 Å². The zero-order valence-corrected chi connectivity index (χ0v) is 8.11. The van der Waals surface area contributed by atoms with Crippen molar-refractivity contribution in [1.82, 2.24) is 4.90 Å². The predicted octanol–water partition coefficient (Wildman–Crippen LogP) is 1.39. The Labute approximate surface area is 90.0 Å². The van der Waals surface area contributed by atoms with E-state index in [9.17, 15) is 18.4 Å². The number of halogens is 2.